The normalized spacial score (nSPS) is 13.6. The Morgan fingerprint density at radius 2 is 1.84 bits per heavy atom. The van der Waals surface area contributed by atoms with Crippen LogP contribution in [0.1, 0.15) is 22.8 Å². The van der Waals surface area contributed by atoms with Crippen LogP contribution in [-0.4, -0.2) is 34.5 Å². The summed E-state index contributed by atoms with van der Waals surface area (Å²) >= 11 is 0. The summed E-state index contributed by atoms with van der Waals surface area (Å²) in [4.78, 5) is 36.7. The number of pyridine rings is 2. The average molecular weight is 423 g/mol. The summed E-state index contributed by atoms with van der Waals surface area (Å²) in [5.74, 6) is -0.781. The molecule has 0 bridgehead atoms. The fourth-order valence-corrected chi connectivity index (χ4v) is 4.07. The largest absolute Gasteiger partial charge is 0.449 e. The molecule has 0 radical (unpaired) electrons. The fourth-order valence-electron chi connectivity index (χ4n) is 4.07. The van der Waals surface area contributed by atoms with E-state index in [2.05, 4.69) is 9.97 Å². The molecule has 1 amide bonds. The molecule has 0 aliphatic carbocycles. The first kappa shape index (κ1) is 19.9. The van der Waals surface area contributed by atoms with E-state index in [0.29, 0.717) is 28.7 Å². The van der Waals surface area contributed by atoms with Crippen molar-refractivity contribution in [3.05, 3.63) is 90.3 Å². The second-order valence-corrected chi connectivity index (χ2v) is 7.73. The summed E-state index contributed by atoms with van der Waals surface area (Å²) in [6, 6.07) is 20.6. The number of nitrogens with zero attached hydrogens (tertiary/aromatic N) is 3. The van der Waals surface area contributed by atoms with E-state index in [1.165, 1.54) is 0 Å². The van der Waals surface area contributed by atoms with Gasteiger partial charge in [-0.05, 0) is 49.2 Å². The van der Waals surface area contributed by atoms with Gasteiger partial charge in [0.15, 0.2) is 6.10 Å². The number of hydrogen-bond donors (Lipinski definition) is 0. The first-order chi connectivity index (χ1) is 15.6. The Hall–Kier alpha value is -4.06. The number of esters is 1. The first-order valence-corrected chi connectivity index (χ1v) is 10.5. The fraction of sp³-hybridized carbons (Fsp3) is 0.154. The number of hydrogen-bond acceptors (Lipinski definition) is 5. The molecule has 4 aromatic rings. The topological polar surface area (TPSA) is 72.4 Å². The molecule has 6 nitrogen and oxygen atoms in total. The van der Waals surface area contributed by atoms with Crippen LogP contribution in [-0.2, 0) is 16.0 Å². The Bertz CT molecular complexity index is 1320. The highest BCUT2D eigenvalue weighted by molar-refractivity contribution is 6.06. The number of carbonyl (C=O) groups excluding carboxylic acids is 2. The second kappa shape index (κ2) is 8.23. The number of anilines is 1. The van der Waals surface area contributed by atoms with E-state index in [-0.39, 0.29) is 5.91 Å². The molecule has 1 aliphatic heterocycles. The van der Waals surface area contributed by atoms with Crippen LogP contribution < -0.4 is 4.90 Å². The van der Waals surface area contributed by atoms with E-state index in [0.717, 1.165) is 23.2 Å². The maximum atomic E-state index is 13.2. The zero-order valence-corrected chi connectivity index (χ0v) is 17.6. The molecule has 0 N–H and O–H groups in total. The van der Waals surface area contributed by atoms with E-state index in [9.17, 15) is 9.59 Å². The third-order valence-corrected chi connectivity index (χ3v) is 5.68. The standard InChI is InChI=1S/C26H21N3O3/c1-17(25(30)29-14-12-18-7-2-5-11-24(18)29)32-26(31)21-15-23(19-8-6-13-27-16-19)28-22-10-4-3-9-20(21)22/h2-11,13,15-17H,12,14H2,1H3/t17-/m0/s1. The van der Waals surface area contributed by atoms with Crippen molar-refractivity contribution in [3.8, 4) is 11.3 Å². The molecule has 1 atom stereocenters. The van der Waals surface area contributed by atoms with Crippen molar-refractivity contribution in [3.63, 3.8) is 0 Å². The molecule has 0 spiro atoms. The van der Waals surface area contributed by atoms with Gasteiger partial charge in [-0.2, -0.15) is 0 Å². The Morgan fingerprint density at radius 3 is 2.69 bits per heavy atom. The van der Waals surface area contributed by atoms with Gasteiger partial charge in [0, 0.05) is 35.6 Å². The first-order valence-electron chi connectivity index (χ1n) is 10.5. The molecule has 0 saturated heterocycles. The van der Waals surface area contributed by atoms with Gasteiger partial charge in [-0.15, -0.1) is 0 Å². The second-order valence-electron chi connectivity index (χ2n) is 7.73. The summed E-state index contributed by atoms with van der Waals surface area (Å²) in [7, 11) is 0. The van der Waals surface area contributed by atoms with Crippen molar-refractivity contribution in [2.75, 3.05) is 11.4 Å². The lowest BCUT2D eigenvalue weighted by atomic mass is 10.0. The lowest BCUT2D eigenvalue weighted by Crippen LogP contribution is -2.39. The zero-order chi connectivity index (χ0) is 22.1. The Morgan fingerprint density at radius 1 is 1.03 bits per heavy atom. The number of rotatable bonds is 4. The minimum atomic E-state index is -0.914. The van der Waals surface area contributed by atoms with Gasteiger partial charge in [-0.1, -0.05) is 36.4 Å². The summed E-state index contributed by atoms with van der Waals surface area (Å²) < 4.78 is 5.65. The molecule has 5 rings (SSSR count). The summed E-state index contributed by atoms with van der Waals surface area (Å²) in [6.07, 6.45) is 3.26. The SMILES string of the molecule is C[C@H](OC(=O)c1cc(-c2cccnc2)nc2ccccc12)C(=O)N1CCc2ccccc21. The van der Waals surface area contributed by atoms with Crippen LogP contribution in [0.5, 0.6) is 0 Å². The van der Waals surface area contributed by atoms with E-state index >= 15 is 0 Å². The van der Waals surface area contributed by atoms with E-state index in [4.69, 9.17) is 4.74 Å². The molecular formula is C26H21N3O3. The van der Waals surface area contributed by atoms with Crippen LogP contribution in [0.2, 0.25) is 0 Å². The van der Waals surface area contributed by atoms with Gasteiger partial charge < -0.3 is 9.64 Å². The molecule has 2 aromatic heterocycles. The van der Waals surface area contributed by atoms with E-state index in [1.807, 2.05) is 60.7 Å². The number of fused-ring (bicyclic) bond motifs is 2. The lowest BCUT2D eigenvalue weighted by Gasteiger charge is -2.22. The zero-order valence-electron chi connectivity index (χ0n) is 17.6. The highest BCUT2D eigenvalue weighted by Gasteiger charge is 2.30. The van der Waals surface area contributed by atoms with Crippen molar-refractivity contribution < 1.29 is 14.3 Å². The minimum absolute atomic E-state index is 0.228. The predicted octanol–water partition coefficient (Wildman–Crippen LogP) is 4.43. The van der Waals surface area contributed by atoms with Gasteiger partial charge in [0.25, 0.3) is 5.91 Å². The minimum Gasteiger partial charge on any atom is -0.449 e. The van der Waals surface area contributed by atoms with Gasteiger partial charge in [0.1, 0.15) is 0 Å². The van der Waals surface area contributed by atoms with Crippen molar-refractivity contribution >= 4 is 28.5 Å². The molecule has 32 heavy (non-hydrogen) atoms. The highest BCUT2D eigenvalue weighted by atomic mass is 16.5. The van der Waals surface area contributed by atoms with Crippen molar-refractivity contribution in [1.29, 1.82) is 0 Å². The smallest absolute Gasteiger partial charge is 0.339 e. The summed E-state index contributed by atoms with van der Waals surface area (Å²) in [5, 5.41) is 0.677. The van der Waals surface area contributed by atoms with Crippen LogP contribution >= 0.6 is 0 Å². The Kier molecular flexibility index (Phi) is 5.11. The number of carbonyl (C=O) groups is 2. The molecule has 0 saturated carbocycles. The third-order valence-electron chi connectivity index (χ3n) is 5.68. The Balaban J connectivity index is 1.44. The molecule has 1 aliphatic rings. The maximum absolute atomic E-state index is 13.2. The molecule has 0 fully saturated rings. The number of benzene rings is 2. The predicted molar refractivity (Wildman–Crippen MR) is 122 cm³/mol. The molecule has 158 valence electrons. The molecule has 0 unspecified atom stereocenters. The molecule has 6 heteroatoms. The number of para-hydroxylation sites is 2. The van der Waals surface area contributed by atoms with Crippen LogP contribution in [0.15, 0.2) is 79.1 Å². The number of aromatic nitrogens is 2. The molecule has 2 aromatic carbocycles. The van der Waals surface area contributed by atoms with Crippen LogP contribution in [0, 0.1) is 0 Å². The van der Waals surface area contributed by atoms with Gasteiger partial charge in [0.05, 0.1) is 16.8 Å². The molecule has 3 heterocycles. The maximum Gasteiger partial charge on any atom is 0.339 e. The highest BCUT2D eigenvalue weighted by Crippen LogP contribution is 2.29. The monoisotopic (exact) mass is 423 g/mol. The molecular weight excluding hydrogens is 402 g/mol. The van der Waals surface area contributed by atoms with Crippen molar-refractivity contribution in [2.45, 2.75) is 19.4 Å². The van der Waals surface area contributed by atoms with Gasteiger partial charge in [-0.25, -0.2) is 9.78 Å². The van der Waals surface area contributed by atoms with Gasteiger partial charge in [-0.3, -0.25) is 9.78 Å². The van der Waals surface area contributed by atoms with Crippen LogP contribution in [0.3, 0.4) is 0 Å². The average Bonchev–Trinajstić information content (AvgIpc) is 3.27. The van der Waals surface area contributed by atoms with Crippen molar-refractivity contribution in [2.24, 2.45) is 0 Å². The summed E-state index contributed by atoms with van der Waals surface area (Å²) in [5.41, 5.74) is 4.47. The number of amides is 1. The van der Waals surface area contributed by atoms with Crippen LogP contribution in [0.4, 0.5) is 5.69 Å². The summed E-state index contributed by atoms with van der Waals surface area (Å²) in [6.45, 7) is 2.20. The van der Waals surface area contributed by atoms with E-state index < -0.39 is 12.1 Å². The van der Waals surface area contributed by atoms with Crippen LogP contribution in [0.25, 0.3) is 22.2 Å². The number of ether oxygens (including phenoxy) is 1. The lowest BCUT2D eigenvalue weighted by molar-refractivity contribution is -0.126. The van der Waals surface area contributed by atoms with Gasteiger partial charge in [0.2, 0.25) is 0 Å². The van der Waals surface area contributed by atoms with Gasteiger partial charge >= 0.3 is 5.97 Å². The third kappa shape index (κ3) is 3.60. The van der Waals surface area contributed by atoms with Crippen molar-refractivity contribution in [1.82, 2.24) is 9.97 Å². The Labute approximate surface area is 185 Å². The quantitative estimate of drug-likeness (QED) is 0.454. The van der Waals surface area contributed by atoms with E-state index in [1.54, 1.807) is 30.3 Å².